The van der Waals surface area contributed by atoms with E-state index in [9.17, 15) is 13.2 Å². The molecule has 1 saturated carbocycles. The van der Waals surface area contributed by atoms with Gasteiger partial charge in [-0.1, -0.05) is 17.2 Å². The number of halogens is 4. The van der Waals surface area contributed by atoms with Crippen LogP contribution in [0.1, 0.15) is 44.4 Å². The largest absolute Gasteiger partial charge is 0.486 e. The fourth-order valence-corrected chi connectivity index (χ4v) is 2.57. The molecule has 0 radical (unpaired) electrons. The van der Waals surface area contributed by atoms with Crippen LogP contribution in [0.4, 0.5) is 19.0 Å². The molecule has 0 unspecified atom stereocenters. The zero-order valence-corrected chi connectivity index (χ0v) is 17.8. The molecule has 0 aromatic carbocycles. The standard InChI is InChI=1S/C14H13ClF3N3O.C7H13N/c1-2-19-13-5-12(11(7-21-13)14(16,17)18)22-8-10-4-3-9(15)6-20-10;1-2-8-6-7-4-3-5-7/h3-7H,2,8H2,1H3,(H,19,21);6,8H,2-5H2,1H3. The van der Waals surface area contributed by atoms with Crippen LogP contribution in [0, 0.1) is 0 Å². The second-order valence-corrected chi connectivity index (χ2v) is 7.00. The Morgan fingerprint density at radius 3 is 2.43 bits per heavy atom. The highest BCUT2D eigenvalue weighted by Crippen LogP contribution is 2.37. The Kier molecular flexibility index (Phi) is 9.23. The predicted molar refractivity (Wildman–Crippen MR) is 113 cm³/mol. The van der Waals surface area contributed by atoms with Crippen LogP contribution in [0.25, 0.3) is 0 Å². The highest BCUT2D eigenvalue weighted by atomic mass is 35.5. The third-order valence-electron chi connectivity index (χ3n) is 4.20. The fourth-order valence-electron chi connectivity index (χ4n) is 2.46. The monoisotopic (exact) mass is 442 g/mol. The first kappa shape index (κ1) is 23.8. The van der Waals surface area contributed by atoms with Crippen molar-refractivity contribution in [3.63, 3.8) is 0 Å². The number of allylic oxidation sites excluding steroid dienone is 1. The zero-order chi connectivity index (χ0) is 22.0. The molecule has 164 valence electrons. The van der Waals surface area contributed by atoms with E-state index >= 15 is 0 Å². The van der Waals surface area contributed by atoms with E-state index in [2.05, 4.69) is 33.7 Å². The minimum absolute atomic E-state index is 0.101. The van der Waals surface area contributed by atoms with Gasteiger partial charge in [0.05, 0.1) is 10.7 Å². The molecule has 9 heteroatoms. The highest BCUT2D eigenvalue weighted by molar-refractivity contribution is 6.30. The maximum Gasteiger partial charge on any atom is 0.421 e. The molecule has 2 N–H and O–H groups in total. The Bertz CT molecular complexity index is 820. The molecule has 0 atom stereocenters. The third-order valence-corrected chi connectivity index (χ3v) is 4.42. The number of hydrogen-bond donors (Lipinski definition) is 2. The number of pyridine rings is 2. The second-order valence-electron chi connectivity index (χ2n) is 6.56. The van der Waals surface area contributed by atoms with Crippen LogP contribution in [-0.4, -0.2) is 23.1 Å². The maximum atomic E-state index is 13.0. The molecule has 0 amide bonds. The zero-order valence-electron chi connectivity index (χ0n) is 17.0. The summed E-state index contributed by atoms with van der Waals surface area (Å²) in [4.78, 5) is 7.69. The van der Waals surface area contributed by atoms with Crippen LogP contribution in [0.5, 0.6) is 5.75 Å². The van der Waals surface area contributed by atoms with E-state index in [-0.39, 0.29) is 12.4 Å². The van der Waals surface area contributed by atoms with Crippen molar-refractivity contribution in [3.8, 4) is 5.75 Å². The molecular weight excluding hydrogens is 417 g/mol. The first-order valence-corrected chi connectivity index (χ1v) is 10.2. The first-order chi connectivity index (χ1) is 14.3. The molecule has 3 rings (SSSR count). The van der Waals surface area contributed by atoms with Gasteiger partial charge in [0.1, 0.15) is 23.7 Å². The Hall–Kier alpha value is -2.48. The van der Waals surface area contributed by atoms with Gasteiger partial charge in [0, 0.05) is 31.5 Å². The summed E-state index contributed by atoms with van der Waals surface area (Å²) in [5, 5.41) is 6.47. The van der Waals surface area contributed by atoms with Gasteiger partial charge in [0.25, 0.3) is 0 Å². The van der Waals surface area contributed by atoms with Gasteiger partial charge in [-0.05, 0) is 51.4 Å². The average molecular weight is 443 g/mol. The number of aromatic nitrogens is 2. The molecule has 1 fully saturated rings. The minimum Gasteiger partial charge on any atom is -0.486 e. The fraction of sp³-hybridized carbons (Fsp3) is 0.429. The number of nitrogens with zero attached hydrogens (tertiary/aromatic N) is 2. The van der Waals surface area contributed by atoms with Crippen LogP contribution in [0.3, 0.4) is 0 Å². The van der Waals surface area contributed by atoms with E-state index in [4.69, 9.17) is 16.3 Å². The van der Waals surface area contributed by atoms with Gasteiger partial charge in [-0.15, -0.1) is 0 Å². The Labute approximate surface area is 179 Å². The van der Waals surface area contributed by atoms with E-state index in [0.717, 1.165) is 12.7 Å². The SMILES string of the molecule is CCNC=C1CCC1.CCNc1cc(OCc2ccc(Cl)cn2)c(C(F)(F)F)cn1. The third kappa shape index (κ3) is 7.74. The molecule has 2 aromatic rings. The van der Waals surface area contributed by atoms with Gasteiger partial charge < -0.3 is 15.4 Å². The van der Waals surface area contributed by atoms with Crippen molar-refractivity contribution in [2.24, 2.45) is 0 Å². The van der Waals surface area contributed by atoms with Gasteiger partial charge in [-0.25, -0.2) is 4.98 Å². The Balaban J connectivity index is 0.000000335. The van der Waals surface area contributed by atoms with Gasteiger partial charge >= 0.3 is 6.18 Å². The van der Waals surface area contributed by atoms with Gasteiger partial charge in [0.15, 0.2) is 0 Å². The van der Waals surface area contributed by atoms with Crippen LogP contribution in [-0.2, 0) is 12.8 Å². The van der Waals surface area contributed by atoms with Crippen molar-refractivity contribution in [2.45, 2.75) is 45.9 Å². The van der Waals surface area contributed by atoms with Gasteiger partial charge in [0.2, 0.25) is 0 Å². The van der Waals surface area contributed by atoms with Crippen molar-refractivity contribution in [3.05, 3.63) is 58.6 Å². The van der Waals surface area contributed by atoms with Crippen LogP contribution in [0.2, 0.25) is 5.02 Å². The lowest BCUT2D eigenvalue weighted by atomic mass is 9.94. The predicted octanol–water partition coefficient (Wildman–Crippen LogP) is 5.82. The molecule has 0 saturated heterocycles. The summed E-state index contributed by atoms with van der Waals surface area (Å²) in [6, 6.07) is 4.40. The Morgan fingerprint density at radius 2 is 1.90 bits per heavy atom. The summed E-state index contributed by atoms with van der Waals surface area (Å²) in [5.41, 5.74) is 1.13. The number of hydrogen-bond acceptors (Lipinski definition) is 5. The number of alkyl halides is 3. The van der Waals surface area contributed by atoms with E-state index < -0.39 is 11.7 Å². The van der Waals surface area contributed by atoms with Gasteiger partial charge in [-0.2, -0.15) is 13.2 Å². The number of ether oxygens (including phenoxy) is 1. The second kappa shape index (κ2) is 11.6. The summed E-state index contributed by atoms with van der Waals surface area (Å²) >= 11 is 5.70. The molecule has 1 aliphatic rings. The van der Waals surface area contributed by atoms with Crippen molar-refractivity contribution in [1.82, 2.24) is 15.3 Å². The minimum atomic E-state index is -4.54. The summed E-state index contributed by atoms with van der Waals surface area (Å²) in [5.74, 6) is 0.0183. The van der Waals surface area contributed by atoms with Crippen molar-refractivity contribution in [1.29, 1.82) is 0 Å². The number of anilines is 1. The van der Waals surface area contributed by atoms with E-state index in [1.807, 2.05) is 6.92 Å². The molecule has 2 heterocycles. The molecule has 0 aliphatic heterocycles. The molecular formula is C21H26ClF3N4O. The van der Waals surface area contributed by atoms with Crippen molar-refractivity contribution >= 4 is 17.4 Å². The van der Waals surface area contributed by atoms with Crippen molar-refractivity contribution in [2.75, 3.05) is 18.4 Å². The van der Waals surface area contributed by atoms with Gasteiger partial charge in [-0.3, -0.25) is 4.98 Å². The number of rotatable bonds is 7. The Morgan fingerprint density at radius 1 is 1.13 bits per heavy atom. The summed E-state index contributed by atoms with van der Waals surface area (Å²) in [7, 11) is 0. The first-order valence-electron chi connectivity index (χ1n) is 9.79. The molecule has 1 aliphatic carbocycles. The smallest absolute Gasteiger partial charge is 0.421 e. The number of nitrogens with one attached hydrogen (secondary N) is 2. The lowest BCUT2D eigenvalue weighted by Crippen LogP contribution is -2.11. The average Bonchev–Trinajstić information content (AvgIpc) is 2.67. The summed E-state index contributed by atoms with van der Waals surface area (Å²) in [6.45, 7) is 5.43. The topological polar surface area (TPSA) is 59.1 Å². The quantitative estimate of drug-likeness (QED) is 0.565. The van der Waals surface area contributed by atoms with Crippen molar-refractivity contribution < 1.29 is 17.9 Å². The lowest BCUT2D eigenvalue weighted by Gasteiger charge is -2.15. The maximum absolute atomic E-state index is 13.0. The molecule has 0 bridgehead atoms. The summed E-state index contributed by atoms with van der Waals surface area (Å²) in [6.07, 6.45) is 3.82. The molecule has 30 heavy (non-hydrogen) atoms. The van der Waals surface area contributed by atoms with Crippen LogP contribution in [0.15, 0.2) is 42.4 Å². The van der Waals surface area contributed by atoms with E-state index in [0.29, 0.717) is 23.1 Å². The van der Waals surface area contributed by atoms with E-state index in [1.165, 1.54) is 31.5 Å². The van der Waals surface area contributed by atoms with Crippen LogP contribution < -0.4 is 15.4 Å². The molecule has 0 spiro atoms. The normalized spacial score (nSPS) is 12.9. The lowest BCUT2D eigenvalue weighted by molar-refractivity contribution is -0.139. The molecule has 2 aromatic heterocycles. The molecule has 5 nitrogen and oxygen atoms in total. The summed E-state index contributed by atoms with van der Waals surface area (Å²) < 4.78 is 44.2. The van der Waals surface area contributed by atoms with E-state index in [1.54, 1.807) is 17.7 Å². The highest BCUT2D eigenvalue weighted by Gasteiger charge is 2.35. The van der Waals surface area contributed by atoms with Crippen LogP contribution >= 0.6 is 11.6 Å².